The molecular weight excluding hydrogens is 464 g/mol. The van der Waals surface area contributed by atoms with E-state index in [4.69, 9.17) is 19.3 Å². The van der Waals surface area contributed by atoms with Crippen LogP contribution in [0.3, 0.4) is 0 Å². The number of esters is 1. The molecule has 3 aromatic carbocycles. The van der Waals surface area contributed by atoms with E-state index in [1.165, 1.54) is 36.0 Å². The molecule has 0 spiro atoms. The van der Waals surface area contributed by atoms with E-state index in [-0.39, 0.29) is 26.4 Å². The Kier molecular flexibility index (Phi) is 10.8. The molecule has 196 valence electrons. The van der Waals surface area contributed by atoms with Crippen LogP contribution in [0.1, 0.15) is 44.2 Å². The summed E-state index contributed by atoms with van der Waals surface area (Å²) in [5, 5.41) is 9.17. The molecule has 0 heterocycles. The second-order valence-electron chi connectivity index (χ2n) is 9.18. The maximum absolute atomic E-state index is 11.6. The van der Waals surface area contributed by atoms with E-state index in [0.29, 0.717) is 17.1 Å². The van der Waals surface area contributed by atoms with Crippen LogP contribution in [0.2, 0.25) is 0 Å². The van der Waals surface area contributed by atoms with Gasteiger partial charge in [-0.05, 0) is 72.2 Å². The lowest BCUT2D eigenvalue weighted by atomic mass is 9.95. The molecule has 0 aliphatic carbocycles. The zero-order valence-electron chi connectivity index (χ0n) is 22.2. The van der Waals surface area contributed by atoms with Gasteiger partial charge in [0, 0.05) is 5.57 Å². The summed E-state index contributed by atoms with van der Waals surface area (Å²) in [7, 11) is 0. The molecule has 0 aliphatic heterocycles. The molecule has 5 nitrogen and oxygen atoms in total. The smallest absolute Gasteiger partial charge is 0.333 e. The standard InChI is InChI=1S/C32H38O5/c1-5-6-7-8-25-9-11-26(12-10-25)27-13-15-29(24(4)21-27)28-14-16-30(35-18-17-33)31(22-28)36-19-20-37-32(34)23(2)3/h9-16,21-22,33H,2,5-8,17-20H2,1,3-4H3. The molecule has 0 amide bonds. The van der Waals surface area contributed by atoms with E-state index < -0.39 is 5.97 Å². The number of aryl methyl sites for hydroxylation is 2. The Bertz CT molecular complexity index is 1180. The lowest BCUT2D eigenvalue weighted by Crippen LogP contribution is -2.13. The average Bonchev–Trinajstić information content (AvgIpc) is 2.90. The molecule has 0 aromatic heterocycles. The second-order valence-corrected chi connectivity index (χ2v) is 9.18. The first kappa shape index (κ1) is 28.0. The first-order valence-corrected chi connectivity index (χ1v) is 13.0. The van der Waals surface area contributed by atoms with Crippen LogP contribution in [0.4, 0.5) is 0 Å². The fourth-order valence-electron chi connectivity index (χ4n) is 4.08. The minimum atomic E-state index is -0.448. The second kappa shape index (κ2) is 14.2. The minimum Gasteiger partial charge on any atom is -0.487 e. The van der Waals surface area contributed by atoms with Gasteiger partial charge in [-0.3, -0.25) is 0 Å². The van der Waals surface area contributed by atoms with Crippen LogP contribution in [-0.2, 0) is 16.0 Å². The Morgan fingerprint density at radius 1 is 0.838 bits per heavy atom. The van der Waals surface area contributed by atoms with Gasteiger partial charge in [0.1, 0.15) is 19.8 Å². The maximum Gasteiger partial charge on any atom is 0.333 e. The zero-order valence-corrected chi connectivity index (χ0v) is 22.2. The van der Waals surface area contributed by atoms with Crippen LogP contribution in [0, 0.1) is 6.92 Å². The SMILES string of the molecule is C=C(C)C(=O)OCCOc1cc(-c2ccc(-c3ccc(CCCCC)cc3)cc2C)ccc1OCCO. The number of unbranched alkanes of at least 4 members (excludes halogenated alkanes) is 2. The minimum absolute atomic E-state index is 0.0977. The molecule has 0 fully saturated rings. The summed E-state index contributed by atoms with van der Waals surface area (Å²) in [4.78, 5) is 11.6. The van der Waals surface area contributed by atoms with E-state index in [1.54, 1.807) is 6.92 Å². The Balaban J connectivity index is 1.76. The van der Waals surface area contributed by atoms with E-state index in [0.717, 1.165) is 23.1 Å². The number of carbonyl (C=O) groups excluding carboxylic acids is 1. The van der Waals surface area contributed by atoms with Gasteiger partial charge in [0.25, 0.3) is 0 Å². The Morgan fingerprint density at radius 3 is 2.22 bits per heavy atom. The van der Waals surface area contributed by atoms with Gasteiger partial charge in [-0.25, -0.2) is 4.79 Å². The molecule has 1 N–H and O–H groups in total. The highest BCUT2D eigenvalue weighted by Crippen LogP contribution is 2.35. The summed E-state index contributed by atoms with van der Waals surface area (Å²) < 4.78 is 16.7. The van der Waals surface area contributed by atoms with Gasteiger partial charge in [-0.2, -0.15) is 0 Å². The first-order valence-electron chi connectivity index (χ1n) is 13.0. The number of hydrogen-bond donors (Lipinski definition) is 1. The Hall–Kier alpha value is -3.57. The van der Waals surface area contributed by atoms with Crippen molar-refractivity contribution in [2.45, 2.75) is 46.5 Å². The molecule has 0 atom stereocenters. The van der Waals surface area contributed by atoms with Crippen molar-refractivity contribution in [1.29, 1.82) is 0 Å². The van der Waals surface area contributed by atoms with Gasteiger partial charge in [-0.15, -0.1) is 0 Å². The van der Waals surface area contributed by atoms with Crippen molar-refractivity contribution in [2.75, 3.05) is 26.4 Å². The summed E-state index contributed by atoms with van der Waals surface area (Å²) in [6, 6.07) is 21.1. The van der Waals surface area contributed by atoms with E-state index in [1.807, 2.05) is 18.2 Å². The number of hydrogen-bond acceptors (Lipinski definition) is 5. The van der Waals surface area contributed by atoms with Gasteiger partial charge in [0.2, 0.25) is 0 Å². The summed E-state index contributed by atoms with van der Waals surface area (Å²) in [6.07, 6.45) is 4.87. The maximum atomic E-state index is 11.6. The monoisotopic (exact) mass is 502 g/mol. The Labute approximate surface area is 220 Å². The topological polar surface area (TPSA) is 65.0 Å². The van der Waals surface area contributed by atoms with Crippen LogP contribution in [0.5, 0.6) is 11.5 Å². The molecule has 0 radical (unpaired) electrons. The first-order chi connectivity index (χ1) is 17.9. The van der Waals surface area contributed by atoms with Crippen molar-refractivity contribution in [3.05, 3.63) is 83.9 Å². The highest BCUT2D eigenvalue weighted by molar-refractivity contribution is 5.86. The quantitative estimate of drug-likeness (QED) is 0.147. The zero-order chi connectivity index (χ0) is 26.6. The summed E-state index contributed by atoms with van der Waals surface area (Å²) in [6.45, 7) is 9.84. The van der Waals surface area contributed by atoms with Gasteiger partial charge < -0.3 is 19.3 Å². The molecule has 37 heavy (non-hydrogen) atoms. The number of aliphatic hydroxyl groups excluding tert-OH is 1. The molecule has 3 aromatic rings. The van der Waals surface area contributed by atoms with Gasteiger partial charge >= 0.3 is 5.97 Å². The van der Waals surface area contributed by atoms with Crippen molar-refractivity contribution in [1.82, 2.24) is 0 Å². The lowest BCUT2D eigenvalue weighted by Gasteiger charge is -2.15. The molecule has 0 bridgehead atoms. The van der Waals surface area contributed by atoms with Gasteiger partial charge in [-0.1, -0.05) is 74.9 Å². The number of benzene rings is 3. The van der Waals surface area contributed by atoms with E-state index in [2.05, 4.69) is 62.9 Å². The summed E-state index contributed by atoms with van der Waals surface area (Å²) in [5.41, 5.74) is 7.34. The van der Waals surface area contributed by atoms with E-state index in [9.17, 15) is 4.79 Å². The third-order valence-corrected chi connectivity index (χ3v) is 6.11. The largest absolute Gasteiger partial charge is 0.487 e. The Morgan fingerprint density at radius 2 is 1.54 bits per heavy atom. The number of aliphatic hydroxyl groups is 1. The van der Waals surface area contributed by atoms with Crippen LogP contribution < -0.4 is 9.47 Å². The third kappa shape index (κ3) is 8.22. The fraction of sp³-hybridized carbons (Fsp3) is 0.344. The molecule has 5 heteroatoms. The molecule has 0 saturated carbocycles. The van der Waals surface area contributed by atoms with Gasteiger partial charge in [0.15, 0.2) is 11.5 Å². The highest BCUT2D eigenvalue weighted by atomic mass is 16.6. The van der Waals surface area contributed by atoms with E-state index >= 15 is 0 Å². The van der Waals surface area contributed by atoms with Crippen molar-refractivity contribution in [2.24, 2.45) is 0 Å². The molecule has 0 saturated heterocycles. The van der Waals surface area contributed by atoms with Crippen molar-refractivity contribution >= 4 is 5.97 Å². The lowest BCUT2D eigenvalue weighted by molar-refractivity contribution is -0.139. The molecule has 0 unspecified atom stereocenters. The van der Waals surface area contributed by atoms with Crippen molar-refractivity contribution in [3.8, 4) is 33.8 Å². The normalized spacial score (nSPS) is 10.7. The van der Waals surface area contributed by atoms with Gasteiger partial charge in [0.05, 0.1) is 6.61 Å². The summed E-state index contributed by atoms with van der Waals surface area (Å²) >= 11 is 0. The fourth-order valence-corrected chi connectivity index (χ4v) is 4.08. The number of rotatable bonds is 14. The molecule has 3 rings (SSSR count). The summed E-state index contributed by atoms with van der Waals surface area (Å²) in [5.74, 6) is 0.604. The highest BCUT2D eigenvalue weighted by Gasteiger charge is 2.12. The number of carbonyl (C=O) groups is 1. The molecule has 0 aliphatic rings. The van der Waals surface area contributed by atoms with Crippen molar-refractivity contribution in [3.63, 3.8) is 0 Å². The van der Waals surface area contributed by atoms with Crippen LogP contribution in [0.15, 0.2) is 72.8 Å². The van der Waals surface area contributed by atoms with Crippen LogP contribution in [-0.4, -0.2) is 37.5 Å². The van der Waals surface area contributed by atoms with Crippen LogP contribution >= 0.6 is 0 Å². The number of ether oxygens (including phenoxy) is 3. The van der Waals surface area contributed by atoms with Crippen molar-refractivity contribution < 1.29 is 24.1 Å². The predicted molar refractivity (Wildman–Crippen MR) is 149 cm³/mol. The van der Waals surface area contributed by atoms with Crippen LogP contribution in [0.25, 0.3) is 22.3 Å². The predicted octanol–water partition coefficient (Wildman–Crippen LogP) is 6.93. The third-order valence-electron chi connectivity index (χ3n) is 6.11. The average molecular weight is 503 g/mol. The molecular formula is C32H38O5.